The molecule has 0 spiro atoms. The Labute approximate surface area is 298 Å². The first-order valence-electron chi connectivity index (χ1n) is 17.5. The molecule has 7 nitrogen and oxygen atoms in total. The van der Waals surface area contributed by atoms with Crippen molar-refractivity contribution < 1.29 is 0 Å². The fourth-order valence-electron chi connectivity index (χ4n) is 7.27. The first-order chi connectivity index (χ1) is 25.0. The van der Waals surface area contributed by atoms with Gasteiger partial charge >= 0.3 is 0 Å². The molecule has 0 N–H and O–H groups in total. The average Bonchev–Trinajstić information content (AvgIpc) is 3.94. The summed E-state index contributed by atoms with van der Waals surface area (Å²) < 4.78 is 4.69. The van der Waals surface area contributed by atoms with Crippen LogP contribution in [0.25, 0.3) is 68.9 Å². The molecule has 8 bridgehead atoms. The molecule has 9 rings (SSSR count). The summed E-state index contributed by atoms with van der Waals surface area (Å²) in [4.78, 5) is 17.0. The molecule has 5 aliphatic rings. The third-order valence-electron chi connectivity index (χ3n) is 9.87. The molecule has 250 valence electrons. The summed E-state index contributed by atoms with van der Waals surface area (Å²) in [5.74, 6) is 0. The Kier molecular flexibility index (Phi) is 7.54. The van der Waals surface area contributed by atoms with E-state index >= 15 is 0 Å². The fraction of sp³-hybridized carbons (Fsp3) is 0.136. The number of para-hydroxylation sites is 1. The molecule has 0 saturated carbocycles. The molecule has 0 amide bonds. The van der Waals surface area contributed by atoms with Crippen LogP contribution in [0, 0.1) is 0 Å². The van der Waals surface area contributed by atoms with Crippen molar-refractivity contribution in [2.45, 2.75) is 0 Å². The zero-order valence-corrected chi connectivity index (χ0v) is 29.1. The van der Waals surface area contributed by atoms with Gasteiger partial charge in [-0.2, -0.15) is 0 Å². The van der Waals surface area contributed by atoms with Gasteiger partial charge in [-0.1, -0.05) is 30.4 Å². The third-order valence-corrected chi connectivity index (χ3v) is 9.87. The second kappa shape index (κ2) is 12.5. The van der Waals surface area contributed by atoms with Gasteiger partial charge in [0.2, 0.25) is 0 Å². The molecule has 5 aliphatic heterocycles. The van der Waals surface area contributed by atoms with Crippen LogP contribution in [0.5, 0.6) is 0 Å². The van der Waals surface area contributed by atoms with E-state index in [-0.39, 0.29) is 0 Å². The van der Waals surface area contributed by atoms with E-state index in [1.54, 1.807) is 0 Å². The Morgan fingerprint density at radius 2 is 0.941 bits per heavy atom. The van der Waals surface area contributed by atoms with Gasteiger partial charge in [0.1, 0.15) is 0 Å². The van der Waals surface area contributed by atoms with Gasteiger partial charge in [-0.3, -0.25) is 0 Å². The van der Waals surface area contributed by atoms with Crippen LogP contribution in [0.15, 0.2) is 122 Å². The van der Waals surface area contributed by atoms with Crippen LogP contribution in [0.4, 0.5) is 0 Å². The number of allylic oxidation sites excluding steroid dienone is 6. The van der Waals surface area contributed by atoms with Gasteiger partial charge in [-0.25, -0.2) is 9.97 Å². The summed E-state index contributed by atoms with van der Waals surface area (Å²) in [6.45, 7) is 2.48. The predicted molar refractivity (Wildman–Crippen MR) is 213 cm³/mol. The average molecular weight is 666 g/mol. The summed E-state index contributed by atoms with van der Waals surface area (Å²) >= 11 is 0. The lowest BCUT2D eigenvalue weighted by molar-refractivity contribution is 0.505. The minimum atomic E-state index is 0.817. The largest absolute Gasteiger partial charge is 0.377 e. The summed E-state index contributed by atoms with van der Waals surface area (Å²) in [5.41, 5.74) is 14.9. The highest BCUT2D eigenvalue weighted by Gasteiger charge is 2.25. The van der Waals surface area contributed by atoms with Crippen molar-refractivity contribution in [3.8, 4) is 5.69 Å². The number of likely N-dealkylation sites (N-methyl/N-ethyl adjacent to an activating group) is 3. The molecular formula is C44H39N7. The molecule has 4 aromatic rings. The minimum Gasteiger partial charge on any atom is -0.377 e. The van der Waals surface area contributed by atoms with E-state index < -0.39 is 0 Å². The van der Waals surface area contributed by atoms with Gasteiger partial charge in [0.25, 0.3) is 0 Å². The van der Waals surface area contributed by atoms with Crippen LogP contribution in [0.2, 0.25) is 0 Å². The van der Waals surface area contributed by atoms with E-state index in [1.165, 1.54) is 22.3 Å². The lowest BCUT2D eigenvalue weighted by Gasteiger charge is -2.20. The van der Waals surface area contributed by atoms with Crippen molar-refractivity contribution in [1.82, 2.24) is 33.8 Å². The van der Waals surface area contributed by atoms with E-state index in [0.717, 1.165) is 75.9 Å². The van der Waals surface area contributed by atoms with E-state index in [1.807, 2.05) is 0 Å². The summed E-state index contributed by atoms with van der Waals surface area (Å²) in [5, 5.41) is 0. The Hall–Kier alpha value is -6.34. The smallest absolute Gasteiger partial charge is 0.0658 e. The summed E-state index contributed by atoms with van der Waals surface area (Å²) in [6.07, 6.45) is 28.7. The van der Waals surface area contributed by atoms with Gasteiger partial charge < -0.3 is 23.8 Å². The Morgan fingerprint density at radius 1 is 0.471 bits per heavy atom. The third kappa shape index (κ3) is 5.76. The first kappa shape index (κ1) is 30.7. The Bertz CT molecular complexity index is 2360. The molecule has 0 atom stereocenters. The molecule has 0 fully saturated rings. The molecule has 8 heterocycles. The Balaban J connectivity index is 1.44. The van der Waals surface area contributed by atoms with Gasteiger partial charge in [0.05, 0.1) is 33.8 Å². The van der Waals surface area contributed by atoms with Crippen molar-refractivity contribution in [3.63, 3.8) is 0 Å². The number of benzene rings is 1. The first-order valence-corrected chi connectivity index (χ1v) is 17.5. The van der Waals surface area contributed by atoms with Gasteiger partial charge in [-0.05, 0) is 121 Å². The molecule has 0 saturated heterocycles. The summed E-state index contributed by atoms with van der Waals surface area (Å²) in [6, 6.07) is 23.7. The van der Waals surface area contributed by atoms with Crippen molar-refractivity contribution in [2.75, 3.05) is 40.8 Å². The standard InChI is InChI=1S/C44H39N7/c1-47-21-15-31(16-22-47)43-41-29-35-11-9-33(45-35)27-39-13-14-40(50(39)37-7-5-4-6-8-37)28-34-10-12-36(46-34)30-42(44(43)32-17-23-48(2)24-18-32)51(41)38-19-25-49(3)26-20-38/h4-21,23,25,27-30H,22,24,26H2,1-3H3. The molecule has 3 aromatic heterocycles. The highest BCUT2D eigenvalue weighted by molar-refractivity contribution is 6.04. The number of fused-ring (bicyclic) bond motifs is 8. The number of nitrogens with zero attached hydrogens (tertiary/aromatic N) is 7. The molecule has 7 heteroatoms. The molecule has 0 radical (unpaired) electrons. The monoisotopic (exact) mass is 665 g/mol. The van der Waals surface area contributed by atoms with Gasteiger partial charge in [0, 0.05) is 80.5 Å². The molecule has 51 heavy (non-hydrogen) atoms. The molecule has 0 aliphatic carbocycles. The minimum absolute atomic E-state index is 0.817. The fourth-order valence-corrected chi connectivity index (χ4v) is 7.27. The number of hydrogen-bond donors (Lipinski definition) is 0. The van der Waals surface area contributed by atoms with E-state index in [0.29, 0.717) is 0 Å². The number of rotatable bonds is 4. The maximum Gasteiger partial charge on any atom is 0.0658 e. The second-order valence-electron chi connectivity index (χ2n) is 13.6. The van der Waals surface area contributed by atoms with Crippen molar-refractivity contribution in [1.29, 1.82) is 0 Å². The lowest BCUT2D eigenvalue weighted by Crippen LogP contribution is -2.15. The Morgan fingerprint density at radius 3 is 1.39 bits per heavy atom. The zero-order valence-electron chi connectivity index (χ0n) is 29.1. The van der Waals surface area contributed by atoms with Gasteiger partial charge in [-0.15, -0.1) is 0 Å². The van der Waals surface area contributed by atoms with Crippen molar-refractivity contribution in [3.05, 3.63) is 156 Å². The quantitative estimate of drug-likeness (QED) is 0.189. The maximum atomic E-state index is 5.20. The van der Waals surface area contributed by atoms with Crippen LogP contribution in [0.1, 0.15) is 33.9 Å². The highest BCUT2D eigenvalue weighted by atomic mass is 15.1. The van der Waals surface area contributed by atoms with Crippen LogP contribution >= 0.6 is 0 Å². The van der Waals surface area contributed by atoms with Crippen LogP contribution in [0.3, 0.4) is 0 Å². The van der Waals surface area contributed by atoms with E-state index in [2.05, 4.69) is 191 Å². The topological polar surface area (TPSA) is 45.4 Å². The molecule has 1 aromatic carbocycles. The van der Waals surface area contributed by atoms with E-state index in [4.69, 9.17) is 9.97 Å². The normalized spacial score (nSPS) is 16.5. The molecule has 0 unspecified atom stereocenters. The van der Waals surface area contributed by atoms with Crippen LogP contribution < -0.4 is 0 Å². The van der Waals surface area contributed by atoms with Crippen LogP contribution in [-0.4, -0.2) is 74.6 Å². The zero-order chi connectivity index (χ0) is 34.5. The van der Waals surface area contributed by atoms with Crippen LogP contribution in [-0.2, 0) is 0 Å². The SMILES string of the molecule is CN1C=CC(c2c(C3=CCN(C)C=C3)c3cc4nc(cc5ccc(cc6nc(cc2n3C2=CCN(C)C=C2)C=C6)n5-c2ccccc2)C=C4)=CC1. The predicted octanol–water partition coefficient (Wildman–Crippen LogP) is 8.58. The number of aromatic nitrogens is 4. The van der Waals surface area contributed by atoms with Crippen molar-refractivity contribution in [2.24, 2.45) is 0 Å². The number of hydrogen-bond acceptors (Lipinski definition) is 5. The highest BCUT2D eigenvalue weighted by Crippen LogP contribution is 2.41. The second-order valence-corrected chi connectivity index (χ2v) is 13.6. The lowest BCUT2D eigenvalue weighted by atomic mass is 9.93. The molecular weight excluding hydrogens is 627 g/mol. The maximum absolute atomic E-state index is 5.20. The van der Waals surface area contributed by atoms with Crippen molar-refractivity contribution >= 4 is 63.2 Å². The van der Waals surface area contributed by atoms with Gasteiger partial charge in [0.15, 0.2) is 0 Å². The van der Waals surface area contributed by atoms with E-state index in [9.17, 15) is 0 Å². The summed E-state index contributed by atoms with van der Waals surface area (Å²) in [7, 11) is 6.34.